The zero-order chi connectivity index (χ0) is 17.5. The number of aryl methyl sites for hydroxylation is 1. The molecule has 0 bridgehead atoms. The molecule has 0 atom stereocenters. The van der Waals surface area contributed by atoms with E-state index in [-0.39, 0.29) is 0 Å². The third-order valence-electron chi connectivity index (χ3n) is 5.08. The topological polar surface area (TPSA) is 37.8 Å². The van der Waals surface area contributed by atoms with E-state index in [1.54, 1.807) is 0 Å². The number of para-hydroxylation sites is 1. The maximum Gasteiger partial charge on any atom is 0.0741 e. The first-order chi connectivity index (χ1) is 12.8. The highest BCUT2D eigenvalue weighted by atomic mass is 35.5. The lowest BCUT2D eigenvalue weighted by atomic mass is 9.92. The van der Waals surface area contributed by atoms with E-state index in [0.29, 0.717) is 0 Å². The Morgan fingerprint density at radius 2 is 1.81 bits per heavy atom. The first-order valence-electron chi connectivity index (χ1n) is 9.01. The molecule has 1 aliphatic rings. The van der Waals surface area contributed by atoms with Gasteiger partial charge in [-0.25, -0.2) is 0 Å². The van der Waals surface area contributed by atoms with Crippen LogP contribution in [0, 0.1) is 0 Å². The Morgan fingerprint density at radius 1 is 0.923 bits per heavy atom. The fraction of sp³-hybridized carbons (Fsp3) is 0.182. The van der Waals surface area contributed by atoms with Crippen LogP contribution in [0.1, 0.15) is 24.1 Å². The molecule has 0 fully saturated rings. The lowest BCUT2D eigenvalue weighted by Gasteiger charge is -2.22. The van der Waals surface area contributed by atoms with Gasteiger partial charge in [0.15, 0.2) is 0 Å². The summed E-state index contributed by atoms with van der Waals surface area (Å²) in [6.07, 6.45) is 6.40. The highest BCUT2D eigenvalue weighted by Crippen LogP contribution is 2.36. The minimum atomic E-state index is 0.721. The number of aromatic nitrogens is 2. The van der Waals surface area contributed by atoms with Gasteiger partial charge in [0.2, 0.25) is 0 Å². The molecule has 2 aromatic heterocycles. The Morgan fingerprint density at radius 3 is 2.77 bits per heavy atom. The maximum atomic E-state index is 6.21. The Bertz CT molecular complexity index is 1140. The normalized spacial score (nSPS) is 13.7. The lowest BCUT2D eigenvalue weighted by molar-refractivity contribution is 0.672. The van der Waals surface area contributed by atoms with Crippen LogP contribution in [0.25, 0.3) is 21.8 Å². The summed E-state index contributed by atoms with van der Waals surface area (Å²) in [4.78, 5) is 9.47. The third kappa shape index (κ3) is 2.69. The van der Waals surface area contributed by atoms with Crippen molar-refractivity contribution in [1.82, 2.24) is 9.97 Å². The molecule has 5 rings (SSSR count). The highest BCUT2D eigenvalue weighted by molar-refractivity contribution is 6.31. The second-order valence-electron chi connectivity index (χ2n) is 6.82. The van der Waals surface area contributed by atoms with Gasteiger partial charge in [0, 0.05) is 21.5 Å². The van der Waals surface area contributed by atoms with E-state index < -0.39 is 0 Å². The molecule has 1 aliphatic carbocycles. The zero-order valence-electron chi connectivity index (χ0n) is 14.3. The van der Waals surface area contributed by atoms with E-state index in [9.17, 15) is 0 Å². The molecule has 3 nitrogen and oxygen atoms in total. The molecule has 4 heteroatoms. The van der Waals surface area contributed by atoms with Gasteiger partial charge in [0.1, 0.15) is 0 Å². The standard InChI is InChI=1S/C22H18ClN3/c23-15-9-10-18-21(12-15)26-20-8-4-2-6-17(20)22(18)25-16-11-14-5-1-3-7-19(14)24-13-16/h1,3,5,7,9-13H,2,4,6,8H2,(H,25,26). The molecular weight excluding hydrogens is 342 g/mol. The van der Waals surface area contributed by atoms with Gasteiger partial charge in [0.05, 0.1) is 28.6 Å². The Labute approximate surface area is 157 Å². The number of rotatable bonds is 2. The van der Waals surface area contributed by atoms with E-state index in [1.807, 2.05) is 36.5 Å². The number of fused-ring (bicyclic) bond motifs is 3. The van der Waals surface area contributed by atoms with Gasteiger partial charge in [-0.05, 0) is 61.6 Å². The highest BCUT2D eigenvalue weighted by Gasteiger charge is 2.18. The second-order valence-corrected chi connectivity index (χ2v) is 7.26. The van der Waals surface area contributed by atoms with Crippen molar-refractivity contribution in [2.45, 2.75) is 25.7 Å². The van der Waals surface area contributed by atoms with E-state index in [4.69, 9.17) is 16.6 Å². The Hall–Kier alpha value is -2.65. The molecule has 1 N–H and O–H groups in total. The van der Waals surface area contributed by atoms with Gasteiger partial charge in [-0.2, -0.15) is 0 Å². The van der Waals surface area contributed by atoms with Crippen molar-refractivity contribution in [1.29, 1.82) is 0 Å². The van der Waals surface area contributed by atoms with Gasteiger partial charge in [-0.15, -0.1) is 0 Å². The van der Waals surface area contributed by atoms with Crippen molar-refractivity contribution in [3.63, 3.8) is 0 Å². The van der Waals surface area contributed by atoms with Gasteiger partial charge in [0.25, 0.3) is 0 Å². The number of hydrogen-bond donors (Lipinski definition) is 1. The van der Waals surface area contributed by atoms with Crippen LogP contribution in [0.3, 0.4) is 0 Å². The lowest BCUT2D eigenvalue weighted by Crippen LogP contribution is -2.09. The molecule has 0 radical (unpaired) electrons. The van der Waals surface area contributed by atoms with Crippen LogP contribution in [0.2, 0.25) is 5.02 Å². The number of anilines is 2. The monoisotopic (exact) mass is 359 g/mol. The molecule has 0 spiro atoms. The van der Waals surface area contributed by atoms with Crippen molar-refractivity contribution in [3.05, 3.63) is 71.0 Å². The summed E-state index contributed by atoms with van der Waals surface area (Å²) in [6.45, 7) is 0. The van der Waals surface area contributed by atoms with Crippen LogP contribution in [0.5, 0.6) is 0 Å². The molecule has 2 aromatic carbocycles. The summed E-state index contributed by atoms with van der Waals surface area (Å²) in [5.74, 6) is 0. The largest absolute Gasteiger partial charge is 0.353 e. The molecular formula is C22H18ClN3. The average Bonchev–Trinajstić information content (AvgIpc) is 2.67. The van der Waals surface area contributed by atoms with Crippen molar-refractivity contribution >= 4 is 44.8 Å². The predicted molar refractivity (Wildman–Crippen MR) is 108 cm³/mol. The molecule has 0 unspecified atom stereocenters. The number of halogens is 1. The number of nitrogens with one attached hydrogen (secondary N) is 1. The maximum absolute atomic E-state index is 6.21. The van der Waals surface area contributed by atoms with E-state index in [0.717, 1.165) is 51.0 Å². The fourth-order valence-electron chi connectivity index (χ4n) is 3.83. The molecule has 2 heterocycles. The average molecular weight is 360 g/mol. The number of pyridine rings is 2. The molecule has 4 aromatic rings. The van der Waals surface area contributed by atoms with Crippen LogP contribution in [0.15, 0.2) is 54.7 Å². The third-order valence-corrected chi connectivity index (χ3v) is 5.32. The van der Waals surface area contributed by atoms with Gasteiger partial charge < -0.3 is 5.32 Å². The van der Waals surface area contributed by atoms with E-state index >= 15 is 0 Å². The van der Waals surface area contributed by atoms with Crippen LogP contribution in [-0.2, 0) is 12.8 Å². The van der Waals surface area contributed by atoms with Crippen LogP contribution in [0.4, 0.5) is 11.4 Å². The zero-order valence-corrected chi connectivity index (χ0v) is 15.1. The van der Waals surface area contributed by atoms with Crippen LogP contribution >= 0.6 is 11.6 Å². The van der Waals surface area contributed by atoms with Crippen LogP contribution in [-0.4, -0.2) is 9.97 Å². The van der Waals surface area contributed by atoms with Gasteiger partial charge >= 0.3 is 0 Å². The van der Waals surface area contributed by atoms with Crippen molar-refractivity contribution in [2.75, 3.05) is 5.32 Å². The number of nitrogens with zero attached hydrogens (tertiary/aromatic N) is 2. The minimum absolute atomic E-state index is 0.721. The molecule has 0 amide bonds. The fourth-order valence-corrected chi connectivity index (χ4v) is 3.99. The quantitative estimate of drug-likeness (QED) is 0.472. The first kappa shape index (κ1) is 15.6. The van der Waals surface area contributed by atoms with Crippen LogP contribution < -0.4 is 5.32 Å². The SMILES string of the molecule is Clc1ccc2c(Nc3cnc4ccccc4c3)c3c(nc2c1)CCCC3. The Balaban J connectivity index is 1.68. The minimum Gasteiger partial charge on any atom is -0.353 e. The second kappa shape index (κ2) is 6.26. The Kier molecular flexibility index (Phi) is 3.75. The molecule has 128 valence electrons. The van der Waals surface area contributed by atoms with Crippen molar-refractivity contribution < 1.29 is 0 Å². The molecule has 0 saturated heterocycles. The van der Waals surface area contributed by atoms with Gasteiger partial charge in [-0.3, -0.25) is 9.97 Å². The smallest absolute Gasteiger partial charge is 0.0741 e. The summed E-state index contributed by atoms with van der Waals surface area (Å²) in [5.41, 5.74) is 6.64. The first-order valence-corrected chi connectivity index (χ1v) is 9.38. The summed E-state index contributed by atoms with van der Waals surface area (Å²) in [6, 6.07) is 16.3. The molecule has 26 heavy (non-hydrogen) atoms. The number of hydrogen-bond acceptors (Lipinski definition) is 3. The summed E-state index contributed by atoms with van der Waals surface area (Å²) >= 11 is 6.21. The summed E-state index contributed by atoms with van der Waals surface area (Å²) < 4.78 is 0. The van der Waals surface area contributed by atoms with E-state index in [2.05, 4.69) is 28.5 Å². The number of benzene rings is 2. The van der Waals surface area contributed by atoms with Crippen molar-refractivity contribution in [3.8, 4) is 0 Å². The molecule has 0 aliphatic heterocycles. The summed E-state index contributed by atoms with van der Waals surface area (Å²) in [5, 5.41) is 6.61. The van der Waals surface area contributed by atoms with Crippen molar-refractivity contribution in [2.24, 2.45) is 0 Å². The van der Waals surface area contributed by atoms with Gasteiger partial charge in [-0.1, -0.05) is 29.8 Å². The molecule has 0 saturated carbocycles. The predicted octanol–water partition coefficient (Wildman–Crippen LogP) is 6.06. The van der Waals surface area contributed by atoms with E-state index in [1.165, 1.54) is 24.1 Å². The summed E-state index contributed by atoms with van der Waals surface area (Å²) in [7, 11) is 0.